The molecule has 0 saturated heterocycles. The Morgan fingerprint density at radius 3 is 2.57 bits per heavy atom. The predicted molar refractivity (Wildman–Crippen MR) is 108 cm³/mol. The van der Waals surface area contributed by atoms with Gasteiger partial charge in [0.05, 0.1) is 12.8 Å². The van der Waals surface area contributed by atoms with Crippen molar-refractivity contribution in [1.29, 1.82) is 0 Å². The number of hydrogen-bond donors (Lipinski definition) is 1. The van der Waals surface area contributed by atoms with Crippen LogP contribution in [0.4, 0.5) is 0 Å². The Morgan fingerprint density at radius 2 is 1.82 bits per heavy atom. The van der Waals surface area contributed by atoms with E-state index >= 15 is 0 Å². The van der Waals surface area contributed by atoms with Gasteiger partial charge in [-0.25, -0.2) is 9.97 Å². The molecule has 1 N–H and O–H groups in total. The van der Waals surface area contributed by atoms with E-state index in [1.807, 2.05) is 30.3 Å². The van der Waals surface area contributed by atoms with Crippen LogP contribution in [0, 0.1) is 0 Å². The van der Waals surface area contributed by atoms with Crippen molar-refractivity contribution in [2.45, 2.75) is 19.8 Å². The largest absolute Gasteiger partial charge is 0.497 e. The molecule has 0 aliphatic heterocycles. The summed E-state index contributed by atoms with van der Waals surface area (Å²) in [5, 5.41) is 2.91. The maximum Gasteiger partial charge on any atom is 0.251 e. The Kier molecular flexibility index (Phi) is 6.57. The first-order chi connectivity index (χ1) is 13.7. The molecule has 0 radical (unpaired) electrons. The van der Waals surface area contributed by atoms with Gasteiger partial charge >= 0.3 is 0 Å². The lowest BCUT2D eigenvalue weighted by Crippen LogP contribution is -2.24. The molecule has 0 unspecified atom stereocenters. The third-order valence-corrected chi connectivity index (χ3v) is 4.16. The second-order valence-electron chi connectivity index (χ2n) is 6.21. The van der Waals surface area contributed by atoms with E-state index in [0.717, 1.165) is 18.4 Å². The molecule has 0 aliphatic carbocycles. The second-order valence-corrected chi connectivity index (χ2v) is 6.21. The van der Waals surface area contributed by atoms with E-state index < -0.39 is 0 Å². The van der Waals surface area contributed by atoms with Crippen LogP contribution in [-0.4, -0.2) is 29.5 Å². The average molecular weight is 377 g/mol. The molecule has 2 aromatic carbocycles. The smallest absolute Gasteiger partial charge is 0.251 e. The third-order valence-electron chi connectivity index (χ3n) is 4.16. The number of benzene rings is 2. The highest BCUT2D eigenvalue weighted by Crippen LogP contribution is 2.26. The van der Waals surface area contributed by atoms with Gasteiger partial charge in [0.15, 0.2) is 0 Å². The molecule has 0 fully saturated rings. The lowest BCUT2D eigenvalue weighted by Gasteiger charge is -2.08. The summed E-state index contributed by atoms with van der Waals surface area (Å²) in [4.78, 5) is 20.6. The zero-order valence-electron chi connectivity index (χ0n) is 16.0. The van der Waals surface area contributed by atoms with E-state index in [4.69, 9.17) is 9.47 Å². The van der Waals surface area contributed by atoms with E-state index in [1.54, 1.807) is 31.4 Å². The summed E-state index contributed by atoms with van der Waals surface area (Å²) >= 11 is 0. The van der Waals surface area contributed by atoms with Crippen LogP contribution in [0.1, 0.15) is 30.1 Å². The van der Waals surface area contributed by atoms with Crippen LogP contribution < -0.4 is 14.8 Å². The number of carbonyl (C=O) groups excluding carboxylic acids is 1. The van der Waals surface area contributed by atoms with Gasteiger partial charge in [0.1, 0.15) is 17.8 Å². The molecule has 144 valence electrons. The predicted octanol–water partition coefficient (Wildman–Crippen LogP) is 4.47. The van der Waals surface area contributed by atoms with Gasteiger partial charge in [-0.1, -0.05) is 31.5 Å². The van der Waals surface area contributed by atoms with Crippen molar-refractivity contribution in [2.24, 2.45) is 0 Å². The number of rotatable bonds is 8. The first-order valence-electron chi connectivity index (χ1n) is 9.22. The number of ether oxygens (including phenoxy) is 2. The van der Waals surface area contributed by atoms with Crippen molar-refractivity contribution in [3.05, 3.63) is 66.5 Å². The minimum Gasteiger partial charge on any atom is -0.497 e. The van der Waals surface area contributed by atoms with Crippen molar-refractivity contribution in [3.8, 4) is 28.6 Å². The summed E-state index contributed by atoms with van der Waals surface area (Å²) in [5.41, 5.74) is 2.22. The molecule has 3 rings (SSSR count). The van der Waals surface area contributed by atoms with Crippen LogP contribution in [-0.2, 0) is 0 Å². The summed E-state index contributed by atoms with van der Waals surface area (Å²) in [6.45, 7) is 2.78. The highest BCUT2D eigenvalue weighted by atomic mass is 16.5. The molecule has 3 aromatic rings. The lowest BCUT2D eigenvalue weighted by molar-refractivity contribution is 0.0953. The van der Waals surface area contributed by atoms with Crippen LogP contribution in [0.2, 0.25) is 0 Å². The van der Waals surface area contributed by atoms with E-state index in [0.29, 0.717) is 35.2 Å². The van der Waals surface area contributed by atoms with E-state index in [1.165, 1.54) is 6.33 Å². The first-order valence-corrected chi connectivity index (χ1v) is 9.22. The van der Waals surface area contributed by atoms with Gasteiger partial charge in [0.25, 0.3) is 5.91 Å². The van der Waals surface area contributed by atoms with E-state index in [9.17, 15) is 4.79 Å². The Balaban J connectivity index is 1.72. The molecule has 1 heterocycles. The van der Waals surface area contributed by atoms with Crippen LogP contribution in [0.5, 0.6) is 17.4 Å². The number of methoxy groups -OCH3 is 1. The van der Waals surface area contributed by atoms with Gasteiger partial charge in [-0.2, -0.15) is 0 Å². The maximum absolute atomic E-state index is 12.1. The highest BCUT2D eigenvalue weighted by Gasteiger charge is 2.08. The number of unbranched alkanes of at least 4 members (excludes halogenated alkanes) is 1. The summed E-state index contributed by atoms with van der Waals surface area (Å²) in [6, 6.07) is 16.4. The minimum atomic E-state index is -0.0651. The quantitative estimate of drug-likeness (QED) is 0.586. The zero-order valence-corrected chi connectivity index (χ0v) is 16.0. The molecule has 6 nitrogen and oxygen atoms in total. The van der Waals surface area contributed by atoms with Crippen LogP contribution in [0.3, 0.4) is 0 Å². The van der Waals surface area contributed by atoms with E-state index in [2.05, 4.69) is 22.2 Å². The van der Waals surface area contributed by atoms with Crippen molar-refractivity contribution < 1.29 is 14.3 Å². The fourth-order valence-electron chi connectivity index (χ4n) is 2.61. The molecule has 28 heavy (non-hydrogen) atoms. The fraction of sp³-hybridized carbons (Fsp3) is 0.227. The van der Waals surface area contributed by atoms with Crippen molar-refractivity contribution >= 4 is 5.91 Å². The number of nitrogens with one attached hydrogen (secondary N) is 1. The normalized spacial score (nSPS) is 10.4. The first kappa shape index (κ1) is 19.4. The molecular weight excluding hydrogens is 354 g/mol. The molecule has 6 heteroatoms. The second kappa shape index (κ2) is 9.50. The number of nitrogens with zero attached hydrogens (tertiary/aromatic N) is 2. The number of carbonyl (C=O) groups is 1. The molecule has 0 aliphatic rings. The molecule has 0 bridgehead atoms. The summed E-state index contributed by atoms with van der Waals surface area (Å²) in [7, 11) is 1.61. The Hall–Kier alpha value is -3.41. The van der Waals surface area contributed by atoms with Gasteiger partial charge in [0.2, 0.25) is 5.88 Å². The van der Waals surface area contributed by atoms with Gasteiger partial charge in [-0.05, 0) is 30.7 Å². The number of hydrogen-bond acceptors (Lipinski definition) is 5. The zero-order chi connectivity index (χ0) is 19.8. The molecular formula is C22H23N3O3. The molecule has 0 atom stereocenters. The summed E-state index contributed by atoms with van der Waals surface area (Å²) in [5.74, 6) is 1.70. The molecule has 0 spiro atoms. The van der Waals surface area contributed by atoms with Gasteiger partial charge in [-0.3, -0.25) is 4.79 Å². The van der Waals surface area contributed by atoms with Crippen molar-refractivity contribution in [1.82, 2.24) is 15.3 Å². The topological polar surface area (TPSA) is 73.3 Å². The fourth-order valence-corrected chi connectivity index (χ4v) is 2.61. The molecule has 1 aromatic heterocycles. The average Bonchev–Trinajstić information content (AvgIpc) is 2.74. The highest BCUT2D eigenvalue weighted by molar-refractivity contribution is 5.94. The van der Waals surface area contributed by atoms with Gasteiger partial charge in [-0.15, -0.1) is 0 Å². The van der Waals surface area contributed by atoms with Crippen molar-refractivity contribution in [2.75, 3.05) is 13.7 Å². The number of aromatic nitrogens is 2. The van der Waals surface area contributed by atoms with Crippen LogP contribution >= 0.6 is 0 Å². The van der Waals surface area contributed by atoms with Crippen molar-refractivity contribution in [3.63, 3.8) is 0 Å². The van der Waals surface area contributed by atoms with Gasteiger partial charge in [0, 0.05) is 29.8 Å². The summed E-state index contributed by atoms with van der Waals surface area (Å²) in [6.07, 6.45) is 3.48. The maximum atomic E-state index is 12.1. The molecule has 0 saturated carbocycles. The third kappa shape index (κ3) is 5.07. The van der Waals surface area contributed by atoms with Gasteiger partial charge < -0.3 is 14.8 Å². The lowest BCUT2D eigenvalue weighted by atomic mass is 10.1. The SMILES string of the molecule is CCCCNC(=O)c1ccc(-c2cc(Oc3cccc(OC)c3)ncn2)cc1. The Labute approximate surface area is 164 Å². The number of amides is 1. The van der Waals surface area contributed by atoms with Crippen LogP contribution in [0.25, 0.3) is 11.3 Å². The Morgan fingerprint density at radius 1 is 1.04 bits per heavy atom. The summed E-state index contributed by atoms with van der Waals surface area (Å²) < 4.78 is 11.0. The molecule has 1 amide bonds. The van der Waals surface area contributed by atoms with E-state index in [-0.39, 0.29) is 5.91 Å². The standard InChI is InChI=1S/C22H23N3O3/c1-3-4-12-23-22(26)17-10-8-16(9-11-17)20-14-21(25-15-24-20)28-19-7-5-6-18(13-19)27-2/h5-11,13-15H,3-4,12H2,1-2H3,(H,23,26). The van der Waals surface area contributed by atoms with Crippen LogP contribution in [0.15, 0.2) is 60.9 Å². The minimum absolute atomic E-state index is 0.0651. The monoisotopic (exact) mass is 377 g/mol. The Bertz CT molecular complexity index is 926.